The predicted octanol–water partition coefficient (Wildman–Crippen LogP) is 2.88. The average Bonchev–Trinajstić information content (AvgIpc) is 3.40. The van der Waals surface area contributed by atoms with Gasteiger partial charge in [0.1, 0.15) is 5.52 Å². The molecule has 0 aliphatic carbocycles. The van der Waals surface area contributed by atoms with Gasteiger partial charge in [0.25, 0.3) is 5.91 Å². The van der Waals surface area contributed by atoms with Crippen molar-refractivity contribution in [1.29, 1.82) is 0 Å². The topological polar surface area (TPSA) is 98.7 Å². The SMILES string of the molecule is CCCn1nnc2cc(-c3noc(CNC(=O)c4cccs4)n3)ccc21. The van der Waals surface area contributed by atoms with Gasteiger partial charge in [-0.25, -0.2) is 4.68 Å². The molecule has 132 valence electrons. The number of nitrogens with one attached hydrogen (secondary N) is 1. The second-order valence-corrected chi connectivity index (χ2v) is 6.64. The Hall–Kier alpha value is -3.07. The molecule has 8 nitrogen and oxygen atoms in total. The fourth-order valence-electron chi connectivity index (χ4n) is 2.58. The maximum absolute atomic E-state index is 11.9. The van der Waals surface area contributed by atoms with E-state index in [1.807, 2.05) is 34.3 Å². The van der Waals surface area contributed by atoms with Crippen molar-refractivity contribution in [3.8, 4) is 11.4 Å². The van der Waals surface area contributed by atoms with E-state index in [-0.39, 0.29) is 12.5 Å². The zero-order valence-electron chi connectivity index (χ0n) is 14.0. The van der Waals surface area contributed by atoms with Crippen molar-refractivity contribution in [1.82, 2.24) is 30.5 Å². The fourth-order valence-corrected chi connectivity index (χ4v) is 3.22. The first-order chi connectivity index (χ1) is 12.7. The Morgan fingerprint density at radius 1 is 1.35 bits per heavy atom. The number of fused-ring (bicyclic) bond motifs is 1. The third-order valence-electron chi connectivity index (χ3n) is 3.82. The molecule has 0 atom stereocenters. The van der Waals surface area contributed by atoms with Crippen molar-refractivity contribution < 1.29 is 9.32 Å². The minimum Gasteiger partial charge on any atom is -0.342 e. The zero-order chi connectivity index (χ0) is 17.9. The predicted molar refractivity (Wildman–Crippen MR) is 96.6 cm³/mol. The molecule has 0 saturated carbocycles. The summed E-state index contributed by atoms with van der Waals surface area (Å²) in [5.74, 6) is 0.644. The Labute approximate surface area is 152 Å². The monoisotopic (exact) mass is 368 g/mol. The molecule has 0 aliphatic heterocycles. The fraction of sp³-hybridized carbons (Fsp3) is 0.235. The van der Waals surface area contributed by atoms with Crippen molar-refractivity contribution >= 4 is 28.3 Å². The number of benzene rings is 1. The molecule has 0 radical (unpaired) electrons. The number of amides is 1. The molecule has 4 aromatic rings. The van der Waals surface area contributed by atoms with Gasteiger partial charge >= 0.3 is 0 Å². The van der Waals surface area contributed by atoms with E-state index >= 15 is 0 Å². The van der Waals surface area contributed by atoms with Crippen LogP contribution in [0.15, 0.2) is 40.2 Å². The van der Waals surface area contributed by atoms with E-state index < -0.39 is 0 Å². The lowest BCUT2D eigenvalue weighted by Gasteiger charge is -1.99. The van der Waals surface area contributed by atoms with E-state index in [0.29, 0.717) is 16.6 Å². The number of carbonyl (C=O) groups is 1. The van der Waals surface area contributed by atoms with Crippen LogP contribution in [0.3, 0.4) is 0 Å². The van der Waals surface area contributed by atoms with Gasteiger partial charge in [-0.3, -0.25) is 4.79 Å². The molecule has 3 heterocycles. The summed E-state index contributed by atoms with van der Waals surface area (Å²) >= 11 is 1.38. The maximum atomic E-state index is 11.9. The summed E-state index contributed by atoms with van der Waals surface area (Å²) in [5.41, 5.74) is 2.55. The van der Waals surface area contributed by atoms with Gasteiger partial charge in [-0.1, -0.05) is 23.4 Å². The third-order valence-corrected chi connectivity index (χ3v) is 4.69. The second kappa shape index (κ2) is 7.04. The Morgan fingerprint density at radius 2 is 2.27 bits per heavy atom. The highest BCUT2D eigenvalue weighted by Gasteiger charge is 2.13. The molecule has 1 N–H and O–H groups in total. The summed E-state index contributed by atoms with van der Waals surface area (Å²) in [6, 6.07) is 9.34. The van der Waals surface area contributed by atoms with Crippen LogP contribution in [0, 0.1) is 0 Å². The van der Waals surface area contributed by atoms with Crippen LogP contribution in [0.1, 0.15) is 28.9 Å². The van der Waals surface area contributed by atoms with Crippen LogP contribution in [-0.4, -0.2) is 31.0 Å². The number of nitrogens with zero attached hydrogens (tertiary/aromatic N) is 5. The van der Waals surface area contributed by atoms with Crippen LogP contribution in [0.2, 0.25) is 0 Å². The summed E-state index contributed by atoms with van der Waals surface area (Å²) in [4.78, 5) is 16.9. The van der Waals surface area contributed by atoms with E-state index in [9.17, 15) is 4.79 Å². The lowest BCUT2D eigenvalue weighted by atomic mass is 10.2. The van der Waals surface area contributed by atoms with E-state index in [0.717, 1.165) is 29.6 Å². The van der Waals surface area contributed by atoms with Crippen molar-refractivity contribution in [2.75, 3.05) is 0 Å². The summed E-state index contributed by atoms with van der Waals surface area (Å²) < 4.78 is 7.10. The van der Waals surface area contributed by atoms with Gasteiger partial charge in [0.2, 0.25) is 11.7 Å². The molecule has 0 unspecified atom stereocenters. The number of carbonyl (C=O) groups excluding carboxylic acids is 1. The van der Waals surface area contributed by atoms with E-state index in [1.165, 1.54) is 11.3 Å². The van der Waals surface area contributed by atoms with E-state index in [4.69, 9.17) is 4.52 Å². The first-order valence-corrected chi connectivity index (χ1v) is 9.10. The normalized spacial score (nSPS) is 11.1. The van der Waals surface area contributed by atoms with Gasteiger partial charge in [-0.15, -0.1) is 16.4 Å². The molecule has 3 aromatic heterocycles. The van der Waals surface area contributed by atoms with Crippen LogP contribution in [-0.2, 0) is 13.1 Å². The van der Waals surface area contributed by atoms with E-state index in [1.54, 1.807) is 6.07 Å². The molecular formula is C17H16N6O2S. The molecule has 0 fully saturated rings. The van der Waals surface area contributed by atoms with Gasteiger partial charge in [-0.2, -0.15) is 4.98 Å². The highest BCUT2D eigenvalue weighted by molar-refractivity contribution is 7.12. The van der Waals surface area contributed by atoms with Gasteiger partial charge in [0.15, 0.2) is 0 Å². The van der Waals surface area contributed by atoms with Crippen LogP contribution in [0.5, 0.6) is 0 Å². The lowest BCUT2D eigenvalue weighted by molar-refractivity contribution is 0.0950. The average molecular weight is 368 g/mol. The highest BCUT2D eigenvalue weighted by Crippen LogP contribution is 2.21. The number of thiophene rings is 1. The molecule has 0 saturated heterocycles. The molecule has 0 spiro atoms. The molecule has 26 heavy (non-hydrogen) atoms. The van der Waals surface area contributed by atoms with Crippen molar-refractivity contribution in [3.63, 3.8) is 0 Å². The number of aryl methyl sites for hydroxylation is 1. The molecule has 1 aromatic carbocycles. The third kappa shape index (κ3) is 3.21. The Balaban J connectivity index is 1.49. The first kappa shape index (κ1) is 16.4. The number of hydrogen-bond donors (Lipinski definition) is 1. The van der Waals surface area contributed by atoms with Gasteiger partial charge < -0.3 is 9.84 Å². The minimum atomic E-state index is -0.159. The Morgan fingerprint density at radius 3 is 3.08 bits per heavy atom. The van der Waals surface area contributed by atoms with Crippen LogP contribution in [0.4, 0.5) is 0 Å². The molecular weight excluding hydrogens is 352 g/mol. The molecule has 0 bridgehead atoms. The summed E-state index contributed by atoms with van der Waals surface area (Å²) in [7, 11) is 0. The summed E-state index contributed by atoms with van der Waals surface area (Å²) in [5, 5.41) is 16.9. The van der Waals surface area contributed by atoms with Crippen LogP contribution in [0.25, 0.3) is 22.4 Å². The number of aromatic nitrogens is 5. The quantitative estimate of drug-likeness (QED) is 0.562. The van der Waals surface area contributed by atoms with Crippen molar-refractivity contribution in [2.24, 2.45) is 0 Å². The van der Waals surface area contributed by atoms with Crippen LogP contribution < -0.4 is 5.32 Å². The minimum absolute atomic E-state index is 0.159. The summed E-state index contributed by atoms with van der Waals surface area (Å²) in [6.45, 7) is 3.10. The standard InChI is InChI=1S/C17H16N6O2S/c1-2-7-23-13-6-5-11(9-12(13)20-22-23)16-19-15(25-21-16)10-18-17(24)14-4-3-8-26-14/h3-6,8-9H,2,7,10H2,1H3,(H,18,24). The Bertz CT molecular complexity index is 1040. The molecule has 0 aliphatic rings. The van der Waals surface area contributed by atoms with Crippen molar-refractivity contribution in [2.45, 2.75) is 26.4 Å². The lowest BCUT2D eigenvalue weighted by Crippen LogP contribution is -2.21. The summed E-state index contributed by atoms with van der Waals surface area (Å²) in [6.07, 6.45) is 0.992. The number of rotatable bonds is 6. The molecule has 1 amide bonds. The number of hydrogen-bond acceptors (Lipinski definition) is 7. The maximum Gasteiger partial charge on any atom is 0.261 e. The first-order valence-electron chi connectivity index (χ1n) is 8.22. The van der Waals surface area contributed by atoms with Gasteiger partial charge in [0, 0.05) is 12.1 Å². The van der Waals surface area contributed by atoms with Crippen molar-refractivity contribution in [3.05, 3.63) is 46.5 Å². The zero-order valence-corrected chi connectivity index (χ0v) is 14.9. The largest absolute Gasteiger partial charge is 0.342 e. The second-order valence-electron chi connectivity index (χ2n) is 5.69. The van der Waals surface area contributed by atoms with Gasteiger partial charge in [-0.05, 0) is 36.1 Å². The molecule has 4 rings (SSSR count). The van der Waals surface area contributed by atoms with E-state index in [2.05, 4.69) is 32.7 Å². The smallest absolute Gasteiger partial charge is 0.261 e. The Kier molecular flexibility index (Phi) is 4.44. The highest BCUT2D eigenvalue weighted by atomic mass is 32.1. The van der Waals surface area contributed by atoms with Gasteiger partial charge in [0.05, 0.1) is 16.9 Å². The van der Waals surface area contributed by atoms with Crippen LogP contribution >= 0.6 is 11.3 Å². The molecule has 9 heteroatoms.